The molecule has 9 nitrogen and oxygen atoms in total. The molecule has 1 aromatic heterocycles. The summed E-state index contributed by atoms with van der Waals surface area (Å²) in [5.74, 6) is 0.490. The summed E-state index contributed by atoms with van der Waals surface area (Å²) < 4.78 is 12.8. The quantitative estimate of drug-likeness (QED) is 0.296. The van der Waals surface area contributed by atoms with Gasteiger partial charge in [-0.2, -0.15) is 0 Å². The summed E-state index contributed by atoms with van der Waals surface area (Å²) in [4.78, 5) is 29.8. The number of hydrogen-bond acceptors (Lipinski definition) is 6. The van der Waals surface area contributed by atoms with Gasteiger partial charge in [-0.3, -0.25) is 14.5 Å². The van der Waals surface area contributed by atoms with Crippen molar-refractivity contribution in [3.05, 3.63) is 78.4 Å². The number of ether oxygens (including phenoxy) is 2. The number of amides is 2. The van der Waals surface area contributed by atoms with E-state index in [0.29, 0.717) is 41.3 Å². The van der Waals surface area contributed by atoms with Crippen molar-refractivity contribution < 1.29 is 19.1 Å². The minimum Gasteiger partial charge on any atom is -0.497 e. The Morgan fingerprint density at radius 3 is 2.38 bits per heavy atom. The lowest BCUT2D eigenvalue weighted by molar-refractivity contribution is -0.128. The zero-order valence-corrected chi connectivity index (χ0v) is 23.0. The van der Waals surface area contributed by atoms with Crippen molar-refractivity contribution in [3.63, 3.8) is 0 Å². The van der Waals surface area contributed by atoms with E-state index in [4.69, 9.17) is 9.47 Å². The third-order valence-electron chi connectivity index (χ3n) is 6.68. The molecule has 1 N–H and O–H groups in total. The normalized spacial score (nSPS) is 12.1. The fraction of sp³-hybridized carbons (Fsp3) is 0.333. The summed E-state index contributed by atoms with van der Waals surface area (Å²) in [6.45, 7) is 8.07. The van der Waals surface area contributed by atoms with Gasteiger partial charge in [0, 0.05) is 5.54 Å². The Morgan fingerprint density at radius 1 is 1.00 bits per heavy atom. The van der Waals surface area contributed by atoms with Crippen LogP contribution in [0.25, 0.3) is 11.0 Å². The number of nitrogens with one attached hydrogen (secondary N) is 1. The predicted molar refractivity (Wildman–Crippen MR) is 151 cm³/mol. The summed E-state index contributed by atoms with van der Waals surface area (Å²) in [7, 11) is 1.58. The van der Waals surface area contributed by atoms with E-state index in [1.165, 1.54) is 4.90 Å². The van der Waals surface area contributed by atoms with Crippen LogP contribution < -0.4 is 19.7 Å². The highest BCUT2D eigenvalue weighted by Gasteiger charge is 2.36. The van der Waals surface area contributed by atoms with Crippen molar-refractivity contribution in [3.8, 4) is 11.5 Å². The first-order valence-corrected chi connectivity index (χ1v) is 13.1. The average molecular weight is 530 g/mol. The van der Waals surface area contributed by atoms with Gasteiger partial charge in [0.05, 0.1) is 24.9 Å². The van der Waals surface area contributed by atoms with Crippen LogP contribution in [-0.4, -0.2) is 46.1 Å². The molecular weight excluding hydrogens is 494 g/mol. The molecule has 4 rings (SSSR count). The lowest BCUT2D eigenvalue weighted by atomic mass is 9.98. The van der Waals surface area contributed by atoms with E-state index >= 15 is 0 Å². The first-order valence-electron chi connectivity index (χ1n) is 13.1. The standard InChI is InChI=1S/C30H35N5O4/c1-6-30(3,4)31-29(37)28(21-16-18-22(38-5)19-17-21)35(25-14-10-11-15-26(25)39-7-2)27(36)20-34-24-13-9-8-12-23(24)32-33-34/h8-19,28H,6-7,20H2,1-5H3,(H,31,37)/t28-/m0/s1. The second-order valence-electron chi connectivity index (χ2n) is 9.80. The fourth-order valence-electron chi connectivity index (χ4n) is 4.28. The third kappa shape index (κ3) is 6.19. The minimum absolute atomic E-state index is 0.127. The van der Waals surface area contributed by atoms with Crippen molar-refractivity contribution in [2.24, 2.45) is 0 Å². The zero-order chi connectivity index (χ0) is 28.0. The van der Waals surface area contributed by atoms with Crippen molar-refractivity contribution in [1.29, 1.82) is 0 Å². The monoisotopic (exact) mass is 529 g/mol. The van der Waals surface area contributed by atoms with Crippen LogP contribution in [0.5, 0.6) is 11.5 Å². The van der Waals surface area contributed by atoms with E-state index in [1.54, 1.807) is 48.2 Å². The maximum atomic E-state index is 14.3. The Hall–Kier alpha value is -4.40. The van der Waals surface area contributed by atoms with Gasteiger partial charge in [-0.15, -0.1) is 5.10 Å². The van der Waals surface area contributed by atoms with E-state index in [0.717, 1.165) is 5.52 Å². The number of carbonyl (C=O) groups excluding carboxylic acids is 2. The molecule has 9 heteroatoms. The Kier molecular flexibility index (Phi) is 8.49. The second kappa shape index (κ2) is 12.0. The molecule has 0 spiro atoms. The van der Waals surface area contributed by atoms with E-state index in [9.17, 15) is 9.59 Å². The van der Waals surface area contributed by atoms with E-state index in [2.05, 4.69) is 15.6 Å². The molecule has 0 bridgehead atoms. The van der Waals surface area contributed by atoms with Gasteiger partial charge < -0.3 is 14.8 Å². The summed E-state index contributed by atoms with van der Waals surface area (Å²) >= 11 is 0. The molecule has 39 heavy (non-hydrogen) atoms. The SMILES string of the molecule is CCOc1ccccc1N(C(=O)Cn1nnc2ccccc21)[C@H](C(=O)NC(C)(C)CC)c1ccc(OC)cc1. The summed E-state index contributed by atoms with van der Waals surface area (Å²) in [6.07, 6.45) is 0.711. The highest BCUT2D eigenvalue weighted by atomic mass is 16.5. The van der Waals surface area contributed by atoms with Crippen LogP contribution in [0.15, 0.2) is 72.8 Å². The van der Waals surface area contributed by atoms with Gasteiger partial charge in [0.2, 0.25) is 11.8 Å². The number of fused-ring (bicyclic) bond motifs is 1. The number of aromatic nitrogens is 3. The first kappa shape index (κ1) is 27.6. The van der Waals surface area contributed by atoms with Gasteiger partial charge in [0.1, 0.15) is 29.6 Å². The lowest BCUT2D eigenvalue weighted by Gasteiger charge is -2.35. The summed E-state index contributed by atoms with van der Waals surface area (Å²) in [5.41, 5.74) is 2.03. The number of methoxy groups -OCH3 is 1. The van der Waals surface area contributed by atoms with E-state index in [-0.39, 0.29) is 18.4 Å². The van der Waals surface area contributed by atoms with Crippen LogP contribution in [0.2, 0.25) is 0 Å². The molecule has 4 aromatic rings. The Labute approximate surface area is 228 Å². The molecule has 0 saturated carbocycles. The molecular formula is C30H35N5O4. The van der Waals surface area contributed by atoms with Crippen LogP contribution in [0.1, 0.15) is 45.7 Å². The van der Waals surface area contributed by atoms with Crippen LogP contribution in [0, 0.1) is 0 Å². The number of hydrogen-bond donors (Lipinski definition) is 1. The van der Waals surface area contributed by atoms with Gasteiger partial charge in [0.15, 0.2) is 0 Å². The number of nitrogens with zero attached hydrogens (tertiary/aromatic N) is 4. The maximum absolute atomic E-state index is 14.3. The van der Waals surface area contributed by atoms with Gasteiger partial charge in [0.25, 0.3) is 0 Å². The van der Waals surface area contributed by atoms with Crippen molar-refractivity contribution in [1.82, 2.24) is 20.3 Å². The molecule has 0 aliphatic rings. The highest BCUT2D eigenvalue weighted by molar-refractivity contribution is 6.02. The fourth-order valence-corrected chi connectivity index (χ4v) is 4.28. The Balaban J connectivity index is 1.86. The van der Waals surface area contributed by atoms with Gasteiger partial charge in [-0.1, -0.05) is 48.5 Å². The molecule has 1 atom stereocenters. The van der Waals surface area contributed by atoms with Crippen molar-refractivity contribution in [2.45, 2.75) is 52.2 Å². The van der Waals surface area contributed by atoms with Gasteiger partial charge in [-0.05, 0) is 69.2 Å². The second-order valence-corrected chi connectivity index (χ2v) is 9.80. The number of para-hydroxylation sites is 3. The molecule has 204 valence electrons. The van der Waals surface area contributed by atoms with Gasteiger partial charge in [-0.25, -0.2) is 4.68 Å². The lowest BCUT2D eigenvalue weighted by Crippen LogP contribution is -2.51. The molecule has 0 unspecified atom stereocenters. The van der Waals surface area contributed by atoms with Crippen LogP contribution in [0.3, 0.4) is 0 Å². The van der Waals surface area contributed by atoms with Crippen LogP contribution >= 0.6 is 0 Å². The number of rotatable bonds is 11. The molecule has 2 amide bonds. The molecule has 0 aliphatic carbocycles. The van der Waals surface area contributed by atoms with Gasteiger partial charge >= 0.3 is 0 Å². The first-order chi connectivity index (χ1) is 18.8. The van der Waals surface area contributed by atoms with Crippen LogP contribution in [-0.2, 0) is 16.1 Å². The van der Waals surface area contributed by atoms with Crippen molar-refractivity contribution >= 4 is 28.5 Å². The smallest absolute Gasteiger partial charge is 0.249 e. The summed E-state index contributed by atoms with van der Waals surface area (Å²) in [5, 5.41) is 11.5. The molecule has 0 fully saturated rings. The zero-order valence-electron chi connectivity index (χ0n) is 23.0. The predicted octanol–water partition coefficient (Wildman–Crippen LogP) is 4.92. The van der Waals surface area contributed by atoms with E-state index in [1.807, 2.05) is 64.1 Å². The molecule has 3 aromatic carbocycles. The number of carbonyl (C=O) groups is 2. The largest absolute Gasteiger partial charge is 0.497 e. The average Bonchev–Trinajstić information content (AvgIpc) is 3.34. The Morgan fingerprint density at radius 2 is 1.69 bits per heavy atom. The van der Waals surface area contributed by atoms with E-state index < -0.39 is 11.6 Å². The maximum Gasteiger partial charge on any atom is 0.249 e. The topological polar surface area (TPSA) is 98.6 Å². The molecule has 0 aliphatic heterocycles. The molecule has 0 saturated heterocycles. The molecule has 1 heterocycles. The highest BCUT2D eigenvalue weighted by Crippen LogP contribution is 2.36. The van der Waals surface area contributed by atoms with Crippen molar-refractivity contribution in [2.75, 3.05) is 18.6 Å². The summed E-state index contributed by atoms with van der Waals surface area (Å²) in [6, 6.07) is 20.9. The minimum atomic E-state index is -0.995. The third-order valence-corrected chi connectivity index (χ3v) is 6.68. The molecule has 0 radical (unpaired) electrons. The number of anilines is 1. The van der Waals surface area contributed by atoms with Crippen LogP contribution in [0.4, 0.5) is 5.69 Å². The number of benzene rings is 3. The Bertz CT molecular complexity index is 1430.